The van der Waals surface area contributed by atoms with E-state index in [1.165, 1.54) is 5.06 Å². The standard InChI is InChI=1S/C25H31N5O3S/c1-16-29(15-25(2,3)4)24-20(30(16)33-34(5,31)32)14-13-19(26-24)22-21(17-9-7-6-8-10-17)27-23(28-22)18-11-12-18/h6-10,13-14,16,18H,11-12,15H2,1-5H3,(H,27,28). The number of anilines is 2. The molecule has 3 heterocycles. The molecule has 9 heteroatoms. The van der Waals surface area contributed by atoms with Crippen LogP contribution >= 0.6 is 0 Å². The van der Waals surface area contributed by atoms with Crippen LogP contribution < -0.4 is 9.96 Å². The quantitative estimate of drug-likeness (QED) is 0.534. The molecule has 3 aromatic rings. The van der Waals surface area contributed by atoms with Gasteiger partial charge in [0.1, 0.15) is 17.7 Å². The number of H-pyrrole nitrogens is 1. The predicted molar refractivity (Wildman–Crippen MR) is 134 cm³/mol. The van der Waals surface area contributed by atoms with E-state index in [2.05, 4.69) is 42.8 Å². The number of aromatic amines is 1. The molecule has 1 aliphatic carbocycles. The van der Waals surface area contributed by atoms with E-state index in [0.717, 1.165) is 47.6 Å². The Balaban J connectivity index is 1.62. The Morgan fingerprint density at radius 1 is 1.09 bits per heavy atom. The van der Waals surface area contributed by atoms with Crippen LogP contribution in [-0.2, 0) is 14.4 Å². The first-order valence-corrected chi connectivity index (χ1v) is 13.4. The lowest BCUT2D eigenvalue weighted by Gasteiger charge is -2.32. The summed E-state index contributed by atoms with van der Waals surface area (Å²) in [6, 6.07) is 13.9. The third-order valence-corrected chi connectivity index (χ3v) is 6.44. The Labute approximate surface area is 201 Å². The number of nitrogens with zero attached hydrogens (tertiary/aromatic N) is 4. The van der Waals surface area contributed by atoms with Crippen LogP contribution in [0.2, 0.25) is 0 Å². The lowest BCUT2D eigenvalue weighted by atomic mass is 9.96. The summed E-state index contributed by atoms with van der Waals surface area (Å²) in [6.45, 7) is 9.05. The van der Waals surface area contributed by atoms with Crippen molar-refractivity contribution in [2.45, 2.75) is 52.6 Å². The smallest absolute Gasteiger partial charge is 0.285 e. The molecule has 1 aliphatic heterocycles. The van der Waals surface area contributed by atoms with Crippen molar-refractivity contribution in [3.63, 3.8) is 0 Å². The van der Waals surface area contributed by atoms with Gasteiger partial charge in [-0.1, -0.05) is 51.1 Å². The largest absolute Gasteiger partial charge is 0.340 e. The van der Waals surface area contributed by atoms with E-state index in [9.17, 15) is 8.42 Å². The third-order valence-electron chi connectivity index (χ3n) is 6.00. The molecular weight excluding hydrogens is 450 g/mol. The molecule has 0 amide bonds. The Bertz CT molecular complexity index is 1310. The van der Waals surface area contributed by atoms with E-state index in [1.807, 2.05) is 37.3 Å². The molecule has 5 rings (SSSR count). The summed E-state index contributed by atoms with van der Waals surface area (Å²) >= 11 is 0. The van der Waals surface area contributed by atoms with Gasteiger partial charge in [0.2, 0.25) is 0 Å². The Morgan fingerprint density at radius 3 is 2.41 bits per heavy atom. The van der Waals surface area contributed by atoms with Crippen molar-refractivity contribution in [1.29, 1.82) is 0 Å². The molecule has 34 heavy (non-hydrogen) atoms. The zero-order valence-corrected chi connectivity index (χ0v) is 21.1. The summed E-state index contributed by atoms with van der Waals surface area (Å²) in [5.74, 6) is 2.17. The maximum absolute atomic E-state index is 12.0. The molecule has 1 N–H and O–H groups in total. The van der Waals surface area contributed by atoms with E-state index < -0.39 is 10.1 Å². The number of benzene rings is 1. The molecule has 1 saturated carbocycles. The normalized spacial score (nSPS) is 18.4. The van der Waals surface area contributed by atoms with E-state index in [4.69, 9.17) is 14.3 Å². The number of hydrogen-bond acceptors (Lipinski definition) is 7. The average molecular weight is 482 g/mol. The van der Waals surface area contributed by atoms with Crippen molar-refractivity contribution >= 4 is 21.6 Å². The lowest BCUT2D eigenvalue weighted by Crippen LogP contribution is -2.45. The molecule has 0 spiro atoms. The van der Waals surface area contributed by atoms with Crippen LogP contribution in [0.1, 0.15) is 52.3 Å². The monoisotopic (exact) mass is 481 g/mol. The molecule has 1 unspecified atom stereocenters. The Kier molecular flexibility index (Phi) is 5.44. The number of imidazole rings is 1. The molecular formula is C25H31N5O3S. The van der Waals surface area contributed by atoms with Crippen LogP contribution in [0.25, 0.3) is 22.6 Å². The molecule has 180 valence electrons. The topological polar surface area (TPSA) is 91.4 Å². The van der Waals surface area contributed by atoms with E-state index in [0.29, 0.717) is 24.0 Å². The fourth-order valence-electron chi connectivity index (χ4n) is 4.37. The summed E-state index contributed by atoms with van der Waals surface area (Å²) in [7, 11) is -3.70. The van der Waals surface area contributed by atoms with Gasteiger partial charge in [0.15, 0.2) is 5.82 Å². The maximum Gasteiger partial charge on any atom is 0.285 e. The Hall–Kier alpha value is -2.91. The molecule has 1 atom stereocenters. The van der Waals surface area contributed by atoms with Crippen molar-refractivity contribution < 1.29 is 12.7 Å². The summed E-state index contributed by atoms with van der Waals surface area (Å²) in [5, 5.41) is 1.44. The first-order chi connectivity index (χ1) is 16.0. The second kappa shape index (κ2) is 8.09. The molecule has 2 aromatic heterocycles. The minimum atomic E-state index is -3.70. The van der Waals surface area contributed by atoms with Crippen LogP contribution in [0, 0.1) is 5.41 Å². The number of hydroxylamine groups is 1. The van der Waals surface area contributed by atoms with Crippen molar-refractivity contribution in [2.24, 2.45) is 5.41 Å². The van der Waals surface area contributed by atoms with E-state index >= 15 is 0 Å². The van der Waals surface area contributed by atoms with Gasteiger partial charge in [-0.25, -0.2) is 15.0 Å². The molecule has 1 fully saturated rings. The zero-order valence-electron chi connectivity index (χ0n) is 20.2. The molecule has 0 saturated heterocycles. The summed E-state index contributed by atoms with van der Waals surface area (Å²) in [6.07, 6.45) is 3.02. The number of pyridine rings is 1. The minimum Gasteiger partial charge on any atom is -0.340 e. The van der Waals surface area contributed by atoms with Crippen molar-refractivity contribution in [2.75, 3.05) is 22.8 Å². The van der Waals surface area contributed by atoms with Crippen LogP contribution in [0.15, 0.2) is 42.5 Å². The van der Waals surface area contributed by atoms with Gasteiger partial charge in [-0.05, 0) is 37.3 Å². The fraction of sp³-hybridized carbons (Fsp3) is 0.440. The second-order valence-electron chi connectivity index (χ2n) is 10.5. The zero-order chi connectivity index (χ0) is 24.3. The number of fused-ring (bicyclic) bond motifs is 1. The highest BCUT2D eigenvalue weighted by Crippen LogP contribution is 2.44. The van der Waals surface area contributed by atoms with E-state index in [-0.39, 0.29) is 11.6 Å². The van der Waals surface area contributed by atoms with Crippen molar-refractivity contribution in [1.82, 2.24) is 15.0 Å². The van der Waals surface area contributed by atoms with Gasteiger partial charge >= 0.3 is 0 Å². The molecule has 8 nitrogen and oxygen atoms in total. The van der Waals surface area contributed by atoms with Crippen LogP contribution in [-0.4, -0.2) is 42.3 Å². The number of aromatic nitrogens is 3. The highest BCUT2D eigenvalue weighted by Gasteiger charge is 2.39. The minimum absolute atomic E-state index is 0.0351. The second-order valence-corrected chi connectivity index (χ2v) is 12.0. The first-order valence-electron chi connectivity index (χ1n) is 11.6. The summed E-state index contributed by atoms with van der Waals surface area (Å²) in [4.78, 5) is 15.6. The lowest BCUT2D eigenvalue weighted by molar-refractivity contribution is 0.254. The van der Waals surface area contributed by atoms with Gasteiger partial charge in [-0.15, -0.1) is 4.28 Å². The van der Waals surface area contributed by atoms with Gasteiger partial charge in [0.25, 0.3) is 10.1 Å². The van der Waals surface area contributed by atoms with Gasteiger partial charge in [0.05, 0.1) is 23.3 Å². The van der Waals surface area contributed by atoms with Crippen molar-refractivity contribution in [3.05, 3.63) is 48.3 Å². The van der Waals surface area contributed by atoms with Crippen LogP contribution in [0.4, 0.5) is 11.5 Å². The maximum atomic E-state index is 12.0. The van der Waals surface area contributed by atoms with Crippen molar-refractivity contribution in [3.8, 4) is 22.6 Å². The number of hydrogen-bond donors (Lipinski definition) is 1. The molecule has 0 bridgehead atoms. The molecule has 2 aliphatic rings. The third kappa shape index (κ3) is 4.54. The van der Waals surface area contributed by atoms with Gasteiger partial charge in [-0.2, -0.15) is 8.42 Å². The first kappa shape index (κ1) is 22.9. The summed E-state index contributed by atoms with van der Waals surface area (Å²) in [5.41, 5.74) is 4.16. The van der Waals surface area contributed by atoms with Gasteiger partial charge in [-0.3, -0.25) is 0 Å². The van der Waals surface area contributed by atoms with Gasteiger partial charge < -0.3 is 9.88 Å². The number of nitrogens with one attached hydrogen (secondary N) is 1. The SMILES string of the molecule is CC1N(CC(C)(C)C)c2nc(-c3[nH]c(C4CC4)nc3-c3ccccc3)ccc2N1OS(C)(=O)=O. The number of rotatable bonds is 6. The van der Waals surface area contributed by atoms with Gasteiger partial charge in [0, 0.05) is 18.0 Å². The molecule has 0 radical (unpaired) electrons. The van der Waals surface area contributed by atoms with E-state index in [1.54, 1.807) is 0 Å². The molecule has 1 aromatic carbocycles. The predicted octanol–water partition coefficient (Wildman–Crippen LogP) is 4.93. The highest BCUT2D eigenvalue weighted by molar-refractivity contribution is 7.86. The fourth-order valence-corrected chi connectivity index (χ4v) is 4.86. The van der Waals surface area contributed by atoms with Crippen LogP contribution in [0.3, 0.4) is 0 Å². The highest BCUT2D eigenvalue weighted by atomic mass is 32.2. The average Bonchev–Trinajstić information content (AvgIpc) is 3.48. The van der Waals surface area contributed by atoms with Crippen LogP contribution in [0.5, 0.6) is 0 Å². The Morgan fingerprint density at radius 2 is 1.79 bits per heavy atom. The summed E-state index contributed by atoms with van der Waals surface area (Å²) < 4.78 is 29.3.